The van der Waals surface area contributed by atoms with Crippen molar-refractivity contribution in [3.63, 3.8) is 0 Å². The van der Waals surface area contributed by atoms with E-state index >= 15 is 0 Å². The van der Waals surface area contributed by atoms with Crippen LogP contribution in [0.5, 0.6) is 0 Å². The van der Waals surface area contributed by atoms with Gasteiger partial charge in [-0.15, -0.1) is 12.4 Å². The maximum atomic E-state index is 13.3. The summed E-state index contributed by atoms with van der Waals surface area (Å²) in [7, 11) is 0. The number of halogens is 2. The van der Waals surface area contributed by atoms with Crippen LogP contribution < -0.4 is 5.32 Å². The minimum absolute atomic E-state index is 0. The molecule has 0 spiro atoms. The summed E-state index contributed by atoms with van der Waals surface area (Å²) in [5.74, 6) is 0.530. The summed E-state index contributed by atoms with van der Waals surface area (Å²) in [5, 5.41) is 3.31. The van der Waals surface area contributed by atoms with E-state index in [-0.39, 0.29) is 25.1 Å². The van der Waals surface area contributed by atoms with Crippen molar-refractivity contribution in [2.75, 3.05) is 32.9 Å². The Labute approximate surface area is 121 Å². The van der Waals surface area contributed by atoms with Gasteiger partial charge in [0.2, 0.25) is 0 Å². The van der Waals surface area contributed by atoms with E-state index in [9.17, 15) is 4.39 Å². The van der Waals surface area contributed by atoms with Gasteiger partial charge < -0.3 is 5.32 Å². The van der Waals surface area contributed by atoms with Crippen molar-refractivity contribution in [3.05, 3.63) is 35.4 Å². The number of piperazine rings is 1. The van der Waals surface area contributed by atoms with E-state index < -0.39 is 0 Å². The Bertz CT molecular complexity index is 361. The molecule has 2 rings (SSSR count). The van der Waals surface area contributed by atoms with Gasteiger partial charge in [-0.1, -0.05) is 38.1 Å². The summed E-state index contributed by atoms with van der Waals surface area (Å²) in [5.41, 5.74) is 2.42. The Kier molecular flexibility index (Phi) is 6.76. The van der Waals surface area contributed by atoms with Gasteiger partial charge in [0.15, 0.2) is 0 Å². The summed E-state index contributed by atoms with van der Waals surface area (Å²) in [4.78, 5) is 2.24. The summed E-state index contributed by atoms with van der Waals surface area (Å²) in [6, 6.07) is 8.35. The number of benzene rings is 1. The molecule has 1 aliphatic rings. The number of hydrogen-bond acceptors (Lipinski definition) is 2. The summed E-state index contributed by atoms with van der Waals surface area (Å²) >= 11 is 0. The van der Waals surface area contributed by atoms with E-state index in [0.717, 1.165) is 31.7 Å². The molecule has 2 nitrogen and oxygen atoms in total. The third-order valence-electron chi connectivity index (χ3n) is 3.73. The van der Waals surface area contributed by atoms with E-state index in [1.54, 1.807) is 0 Å². The van der Waals surface area contributed by atoms with Gasteiger partial charge in [0.25, 0.3) is 0 Å². The molecular weight excluding hydrogens is 263 g/mol. The number of hydrogen-bond donors (Lipinski definition) is 1. The molecule has 0 unspecified atom stereocenters. The molecule has 1 saturated heterocycles. The summed E-state index contributed by atoms with van der Waals surface area (Å²) < 4.78 is 13.3. The van der Waals surface area contributed by atoms with Gasteiger partial charge in [-0.25, -0.2) is 4.39 Å². The first-order valence-corrected chi connectivity index (χ1v) is 6.83. The van der Waals surface area contributed by atoms with Gasteiger partial charge in [0.1, 0.15) is 6.67 Å². The van der Waals surface area contributed by atoms with Gasteiger partial charge >= 0.3 is 0 Å². The van der Waals surface area contributed by atoms with Crippen LogP contribution in [0.2, 0.25) is 0 Å². The fourth-order valence-corrected chi connectivity index (χ4v) is 2.49. The predicted molar refractivity (Wildman–Crippen MR) is 80.9 cm³/mol. The Morgan fingerprint density at radius 2 is 1.63 bits per heavy atom. The van der Waals surface area contributed by atoms with Gasteiger partial charge in [0, 0.05) is 26.2 Å². The highest BCUT2D eigenvalue weighted by Crippen LogP contribution is 2.24. The van der Waals surface area contributed by atoms with Gasteiger partial charge in [0.05, 0.1) is 6.04 Å². The lowest BCUT2D eigenvalue weighted by Gasteiger charge is -2.33. The van der Waals surface area contributed by atoms with Crippen LogP contribution in [-0.4, -0.2) is 37.8 Å². The van der Waals surface area contributed by atoms with E-state index in [0.29, 0.717) is 5.92 Å². The zero-order chi connectivity index (χ0) is 13.0. The van der Waals surface area contributed by atoms with Gasteiger partial charge in [-0.05, 0) is 17.0 Å². The normalized spacial score (nSPS) is 18.1. The average molecular weight is 287 g/mol. The van der Waals surface area contributed by atoms with Crippen molar-refractivity contribution in [1.29, 1.82) is 0 Å². The van der Waals surface area contributed by atoms with E-state index in [2.05, 4.69) is 48.3 Å². The molecule has 0 aromatic heterocycles. The fraction of sp³-hybridized carbons (Fsp3) is 0.600. The minimum atomic E-state index is -0.305. The Morgan fingerprint density at radius 1 is 1.11 bits per heavy atom. The van der Waals surface area contributed by atoms with Crippen LogP contribution in [0.1, 0.15) is 36.9 Å². The van der Waals surface area contributed by atoms with Crippen LogP contribution in [0.25, 0.3) is 0 Å². The smallest absolute Gasteiger partial charge is 0.109 e. The van der Waals surface area contributed by atoms with Crippen molar-refractivity contribution in [1.82, 2.24) is 10.2 Å². The first-order valence-electron chi connectivity index (χ1n) is 6.83. The number of rotatable bonds is 4. The molecule has 1 N–H and O–H groups in total. The monoisotopic (exact) mass is 286 g/mol. The Morgan fingerprint density at radius 3 is 2.11 bits per heavy atom. The second kappa shape index (κ2) is 7.83. The molecule has 0 radical (unpaired) electrons. The third-order valence-corrected chi connectivity index (χ3v) is 3.73. The minimum Gasteiger partial charge on any atom is -0.314 e. The number of nitrogens with one attached hydrogen (secondary N) is 1. The van der Waals surface area contributed by atoms with Crippen molar-refractivity contribution in [2.24, 2.45) is 0 Å². The van der Waals surface area contributed by atoms with Crippen LogP contribution in [0, 0.1) is 0 Å². The largest absolute Gasteiger partial charge is 0.314 e. The molecule has 1 aliphatic heterocycles. The van der Waals surface area contributed by atoms with E-state index in [1.807, 2.05) is 0 Å². The maximum Gasteiger partial charge on any atom is 0.109 e. The Balaban J connectivity index is 0.00000180. The molecule has 1 atom stereocenters. The SMILES string of the molecule is CC(C)c1ccc([C@@H](CF)N2CCNCC2)cc1.Cl. The zero-order valence-corrected chi connectivity index (χ0v) is 12.5. The van der Waals surface area contributed by atoms with Gasteiger partial charge in [-0.3, -0.25) is 4.90 Å². The molecule has 1 aromatic rings. The van der Waals surface area contributed by atoms with Crippen LogP contribution in [0.3, 0.4) is 0 Å². The molecule has 19 heavy (non-hydrogen) atoms. The number of nitrogens with zero attached hydrogens (tertiary/aromatic N) is 1. The van der Waals surface area contributed by atoms with Crippen LogP contribution >= 0.6 is 12.4 Å². The molecule has 0 bridgehead atoms. The molecule has 1 aromatic carbocycles. The van der Waals surface area contributed by atoms with Crippen molar-refractivity contribution in [3.8, 4) is 0 Å². The standard InChI is InChI=1S/C15H23FN2.ClH/c1-12(2)13-3-5-14(6-4-13)15(11-16)18-9-7-17-8-10-18;/h3-6,12,15,17H,7-11H2,1-2H3;1H/t15-;/m1./s1. The third kappa shape index (κ3) is 4.16. The van der Waals surface area contributed by atoms with Crippen molar-refractivity contribution < 1.29 is 4.39 Å². The highest BCUT2D eigenvalue weighted by Gasteiger charge is 2.21. The zero-order valence-electron chi connectivity index (χ0n) is 11.7. The lowest BCUT2D eigenvalue weighted by molar-refractivity contribution is 0.147. The average Bonchev–Trinajstić information content (AvgIpc) is 2.41. The molecule has 1 fully saturated rings. The highest BCUT2D eigenvalue weighted by molar-refractivity contribution is 5.85. The maximum absolute atomic E-state index is 13.3. The van der Waals surface area contributed by atoms with E-state index in [1.165, 1.54) is 5.56 Å². The van der Waals surface area contributed by atoms with E-state index in [4.69, 9.17) is 0 Å². The number of alkyl halides is 1. The highest BCUT2D eigenvalue weighted by atomic mass is 35.5. The lowest BCUT2D eigenvalue weighted by atomic mass is 9.98. The quantitative estimate of drug-likeness (QED) is 0.915. The first-order chi connectivity index (χ1) is 8.72. The van der Waals surface area contributed by atoms with Crippen LogP contribution in [0.4, 0.5) is 4.39 Å². The van der Waals surface area contributed by atoms with Crippen molar-refractivity contribution >= 4 is 12.4 Å². The first kappa shape index (κ1) is 16.4. The fourth-order valence-electron chi connectivity index (χ4n) is 2.49. The Hall–Kier alpha value is -0.640. The lowest BCUT2D eigenvalue weighted by Crippen LogP contribution is -2.45. The summed E-state index contributed by atoms with van der Waals surface area (Å²) in [6.45, 7) is 7.83. The molecule has 108 valence electrons. The summed E-state index contributed by atoms with van der Waals surface area (Å²) in [6.07, 6.45) is 0. The van der Waals surface area contributed by atoms with Gasteiger partial charge in [-0.2, -0.15) is 0 Å². The molecule has 0 aliphatic carbocycles. The van der Waals surface area contributed by atoms with Crippen LogP contribution in [0.15, 0.2) is 24.3 Å². The van der Waals surface area contributed by atoms with Crippen LogP contribution in [-0.2, 0) is 0 Å². The molecule has 0 saturated carbocycles. The molecule has 4 heteroatoms. The predicted octanol–water partition coefficient (Wildman–Crippen LogP) is 3.15. The second-order valence-electron chi connectivity index (χ2n) is 5.28. The molecular formula is C15H24ClFN2. The topological polar surface area (TPSA) is 15.3 Å². The molecule has 0 amide bonds. The second-order valence-corrected chi connectivity index (χ2v) is 5.28. The van der Waals surface area contributed by atoms with Crippen molar-refractivity contribution in [2.45, 2.75) is 25.8 Å². The molecule has 1 heterocycles.